The molecule has 0 aliphatic carbocycles. The summed E-state index contributed by atoms with van der Waals surface area (Å²) < 4.78 is 29.7. The highest BCUT2D eigenvalue weighted by Gasteiger charge is 2.34. The molecular formula is C26H23F2N7O3S. The SMILES string of the molecule is Cc1ccc(C(=O)Nc2nccs2)cc1-c1nc(NC[C@H](C)O)nc2c1CNC(=O)N2c1c(F)cccc1F. The molecule has 200 valence electrons. The number of amides is 3. The summed E-state index contributed by atoms with van der Waals surface area (Å²) in [6.45, 7) is 3.44. The van der Waals surface area contributed by atoms with Crippen LogP contribution in [0.1, 0.15) is 28.4 Å². The van der Waals surface area contributed by atoms with Crippen molar-refractivity contribution in [3.63, 3.8) is 0 Å². The predicted octanol–water partition coefficient (Wildman–Crippen LogP) is 4.59. The van der Waals surface area contributed by atoms with E-state index in [0.717, 1.165) is 22.6 Å². The van der Waals surface area contributed by atoms with E-state index in [9.17, 15) is 23.5 Å². The summed E-state index contributed by atoms with van der Waals surface area (Å²) in [6, 6.07) is 7.57. The van der Waals surface area contributed by atoms with Crippen LogP contribution in [0.25, 0.3) is 11.3 Å². The zero-order chi connectivity index (χ0) is 27.7. The Labute approximate surface area is 225 Å². The van der Waals surface area contributed by atoms with E-state index in [0.29, 0.717) is 27.5 Å². The normalized spacial score (nSPS) is 13.5. The lowest BCUT2D eigenvalue weighted by Crippen LogP contribution is -2.43. The van der Waals surface area contributed by atoms with Gasteiger partial charge < -0.3 is 15.7 Å². The third-order valence-corrected chi connectivity index (χ3v) is 6.63. The van der Waals surface area contributed by atoms with E-state index in [-0.39, 0.29) is 30.8 Å². The average Bonchev–Trinajstić information content (AvgIpc) is 3.41. The maximum atomic E-state index is 14.8. The second kappa shape index (κ2) is 10.7. The number of carbonyl (C=O) groups excluding carboxylic acids is 2. The fourth-order valence-corrected chi connectivity index (χ4v) is 4.61. The summed E-state index contributed by atoms with van der Waals surface area (Å²) in [5.74, 6) is -2.29. The van der Waals surface area contributed by atoms with Crippen molar-refractivity contribution in [1.82, 2.24) is 20.3 Å². The van der Waals surface area contributed by atoms with E-state index in [2.05, 4.69) is 30.9 Å². The molecule has 2 aromatic carbocycles. The molecule has 5 rings (SSSR count). The van der Waals surface area contributed by atoms with Gasteiger partial charge in [-0.2, -0.15) is 4.98 Å². The van der Waals surface area contributed by atoms with Crippen molar-refractivity contribution in [2.45, 2.75) is 26.5 Å². The number of aliphatic hydroxyl groups is 1. The number of fused-ring (bicyclic) bond motifs is 1. The lowest BCUT2D eigenvalue weighted by molar-refractivity contribution is 0.102. The second-order valence-electron chi connectivity index (χ2n) is 8.81. The third kappa shape index (κ3) is 5.26. The van der Waals surface area contributed by atoms with Crippen molar-refractivity contribution in [2.75, 3.05) is 22.1 Å². The number of carbonyl (C=O) groups is 2. The van der Waals surface area contributed by atoms with Crippen molar-refractivity contribution in [3.8, 4) is 11.3 Å². The zero-order valence-corrected chi connectivity index (χ0v) is 21.6. The maximum absolute atomic E-state index is 14.8. The first kappa shape index (κ1) is 26.1. The van der Waals surface area contributed by atoms with E-state index in [1.165, 1.54) is 17.4 Å². The molecule has 3 heterocycles. The van der Waals surface area contributed by atoms with Crippen molar-refractivity contribution in [3.05, 3.63) is 76.3 Å². The molecule has 3 amide bonds. The molecular weight excluding hydrogens is 528 g/mol. The van der Waals surface area contributed by atoms with Crippen LogP contribution in [-0.4, -0.2) is 44.6 Å². The fraction of sp³-hybridized carbons (Fsp3) is 0.192. The molecule has 1 aliphatic heterocycles. The van der Waals surface area contributed by atoms with Crippen molar-refractivity contribution in [2.24, 2.45) is 0 Å². The monoisotopic (exact) mass is 551 g/mol. The number of rotatable bonds is 7. The molecule has 1 aliphatic rings. The van der Waals surface area contributed by atoms with Crippen LogP contribution < -0.4 is 20.9 Å². The minimum Gasteiger partial charge on any atom is -0.392 e. The van der Waals surface area contributed by atoms with Crippen LogP contribution in [0.15, 0.2) is 48.0 Å². The number of aromatic nitrogens is 3. The van der Waals surface area contributed by atoms with Gasteiger partial charge in [0.1, 0.15) is 17.3 Å². The highest BCUT2D eigenvalue weighted by Crippen LogP contribution is 2.39. The minimum atomic E-state index is -0.950. The van der Waals surface area contributed by atoms with Crippen LogP contribution in [0.5, 0.6) is 0 Å². The van der Waals surface area contributed by atoms with E-state index >= 15 is 0 Å². The van der Waals surface area contributed by atoms with Crippen LogP contribution >= 0.6 is 11.3 Å². The number of aryl methyl sites for hydroxylation is 1. The van der Waals surface area contributed by atoms with Gasteiger partial charge in [-0.3, -0.25) is 10.1 Å². The minimum absolute atomic E-state index is 0.0261. The number of para-hydroxylation sites is 1. The number of anilines is 4. The molecule has 4 aromatic rings. The summed E-state index contributed by atoms with van der Waals surface area (Å²) in [7, 11) is 0. The molecule has 0 saturated carbocycles. The van der Waals surface area contributed by atoms with Gasteiger partial charge in [0, 0.05) is 34.8 Å². The Morgan fingerprint density at radius 1 is 1.23 bits per heavy atom. The molecule has 10 nitrogen and oxygen atoms in total. The first-order valence-electron chi connectivity index (χ1n) is 11.9. The highest BCUT2D eigenvalue weighted by atomic mass is 32.1. The predicted molar refractivity (Wildman–Crippen MR) is 143 cm³/mol. The first-order chi connectivity index (χ1) is 18.7. The number of halogens is 2. The molecule has 39 heavy (non-hydrogen) atoms. The van der Waals surface area contributed by atoms with E-state index in [1.807, 2.05) is 6.92 Å². The van der Waals surface area contributed by atoms with Crippen molar-refractivity contribution < 1.29 is 23.5 Å². The number of hydrogen-bond donors (Lipinski definition) is 4. The number of aliphatic hydroxyl groups excluding tert-OH is 1. The van der Waals surface area contributed by atoms with Gasteiger partial charge in [0.2, 0.25) is 5.95 Å². The summed E-state index contributed by atoms with van der Waals surface area (Å²) in [5.41, 5.74) is 1.77. The first-order valence-corrected chi connectivity index (χ1v) is 12.8. The topological polar surface area (TPSA) is 132 Å². The molecule has 0 unspecified atom stereocenters. The van der Waals surface area contributed by atoms with Gasteiger partial charge in [-0.25, -0.2) is 28.4 Å². The number of benzene rings is 2. The van der Waals surface area contributed by atoms with Crippen LogP contribution in [-0.2, 0) is 6.54 Å². The average molecular weight is 552 g/mol. The van der Waals surface area contributed by atoms with Gasteiger partial charge in [0.05, 0.1) is 18.3 Å². The number of thiazole rings is 1. The lowest BCUT2D eigenvalue weighted by Gasteiger charge is -2.31. The number of nitrogens with zero attached hydrogens (tertiary/aromatic N) is 4. The Kier molecular flexibility index (Phi) is 7.17. The Balaban J connectivity index is 1.67. The molecule has 0 saturated heterocycles. The Bertz CT molecular complexity index is 1540. The van der Waals surface area contributed by atoms with Crippen LogP contribution in [0.4, 0.5) is 36.2 Å². The van der Waals surface area contributed by atoms with Gasteiger partial charge in [0.25, 0.3) is 5.91 Å². The largest absolute Gasteiger partial charge is 0.392 e. The highest BCUT2D eigenvalue weighted by molar-refractivity contribution is 7.13. The standard InChI is InChI=1S/C26H23F2N7O3S/c1-13-6-7-15(23(37)34-25-29-8-9-39-25)10-16(13)20-17-12-31-26(38)35(21-18(27)4-3-5-19(21)28)22(17)33-24(32-20)30-11-14(2)36/h3-10,14,36H,11-12H2,1-2H3,(H,31,38)(H,29,34,37)(H,30,32,33)/t14-/m0/s1. The van der Waals surface area contributed by atoms with Gasteiger partial charge in [-0.15, -0.1) is 11.3 Å². The maximum Gasteiger partial charge on any atom is 0.328 e. The zero-order valence-electron chi connectivity index (χ0n) is 20.8. The molecule has 0 fully saturated rings. The molecule has 0 spiro atoms. The van der Waals surface area contributed by atoms with Gasteiger partial charge in [0.15, 0.2) is 10.9 Å². The summed E-state index contributed by atoms with van der Waals surface area (Å²) >= 11 is 1.28. The van der Waals surface area contributed by atoms with E-state index < -0.39 is 29.5 Å². The van der Waals surface area contributed by atoms with E-state index in [1.54, 1.807) is 36.7 Å². The quantitative estimate of drug-likeness (QED) is 0.264. The third-order valence-electron chi connectivity index (χ3n) is 5.94. The Morgan fingerprint density at radius 3 is 2.69 bits per heavy atom. The van der Waals surface area contributed by atoms with Gasteiger partial charge in [-0.05, 0) is 43.7 Å². The summed E-state index contributed by atoms with van der Waals surface area (Å²) in [5, 5.41) is 20.2. The van der Waals surface area contributed by atoms with Crippen LogP contribution in [0.2, 0.25) is 0 Å². The smallest absolute Gasteiger partial charge is 0.328 e. The Hall–Kier alpha value is -4.49. The molecule has 0 bridgehead atoms. The van der Waals surface area contributed by atoms with Crippen LogP contribution in [0.3, 0.4) is 0 Å². The fourth-order valence-electron chi connectivity index (χ4n) is 4.08. The van der Waals surface area contributed by atoms with E-state index in [4.69, 9.17) is 0 Å². The second-order valence-corrected chi connectivity index (χ2v) is 9.71. The number of urea groups is 1. The molecule has 4 N–H and O–H groups in total. The van der Waals surface area contributed by atoms with Crippen molar-refractivity contribution in [1.29, 1.82) is 0 Å². The summed E-state index contributed by atoms with van der Waals surface area (Å²) in [4.78, 5) is 39.8. The Morgan fingerprint density at radius 2 is 2.00 bits per heavy atom. The molecule has 1 atom stereocenters. The number of hydrogen-bond acceptors (Lipinski definition) is 8. The molecule has 2 aromatic heterocycles. The molecule has 13 heteroatoms. The van der Waals surface area contributed by atoms with Crippen molar-refractivity contribution >= 4 is 45.9 Å². The lowest BCUT2D eigenvalue weighted by atomic mass is 9.97. The van der Waals surface area contributed by atoms with Crippen LogP contribution in [0, 0.1) is 18.6 Å². The summed E-state index contributed by atoms with van der Waals surface area (Å²) in [6.07, 6.45) is 0.824. The van der Waals surface area contributed by atoms with Gasteiger partial charge >= 0.3 is 6.03 Å². The number of nitrogens with one attached hydrogen (secondary N) is 3. The van der Waals surface area contributed by atoms with Gasteiger partial charge in [-0.1, -0.05) is 12.1 Å². The molecule has 0 radical (unpaired) electrons.